The molecule has 2 rings (SSSR count). The Hall–Kier alpha value is -0.940. The van der Waals surface area contributed by atoms with Gasteiger partial charge in [-0.25, -0.2) is 4.39 Å². The van der Waals surface area contributed by atoms with Crippen LogP contribution in [0.5, 0.6) is 0 Å². The maximum atomic E-state index is 13.8. The van der Waals surface area contributed by atoms with Gasteiger partial charge in [0.05, 0.1) is 5.56 Å². The van der Waals surface area contributed by atoms with Gasteiger partial charge in [0.15, 0.2) is 0 Å². The molecule has 0 saturated heterocycles. The second kappa shape index (κ2) is 6.68. The zero-order chi connectivity index (χ0) is 14.7. The number of benzene rings is 1. The molecule has 1 fully saturated rings. The summed E-state index contributed by atoms with van der Waals surface area (Å²) in [6.07, 6.45) is 3.56. The lowest BCUT2D eigenvalue weighted by Gasteiger charge is -2.34. The topological polar surface area (TPSA) is 40.5 Å². The summed E-state index contributed by atoms with van der Waals surface area (Å²) in [4.78, 5) is 14.0. The lowest BCUT2D eigenvalue weighted by atomic mass is 9.86. The third kappa shape index (κ3) is 3.38. The highest BCUT2D eigenvalue weighted by atomic mass is 79.9. The molecule has 1 N–H and O–H groups in total. The molecule has 0 spiro atoms. The summed E-state index contributed by atoms with van der Waals surface area (Å²) < 4.78 is 14.5. The maximum absolute atomic E-state index is 13.8. The van der Waals surface area contributed by atoms with Crippen LogP contribution >= 0.6 is 15.9 Å². The van der Waals surface area contributed by atoms with E-state index in [0.717, 1.165) is 25.7 Å². The minimum Gasteiger partial charge on any atom is -0.396 e. The zero-order valence-electron chi connectivity index (χ0n) is 11.5. The van der Waals surface area contributed by atoms with E-state index in [-0.39, 0.29) is 24.1 Å². The van der Waals surface area contributed by atoms with Crippen LogP contribution in [0.25, 0.3) is 0 Å². The Labute approximate surface area is 126 Å². The number of nitrogens with zero attached hydrogens (tertiary/aromatic N) is 1. The third-order valence-electron chi connectivity index (χ3n) is 4.10. The molecule has 110 valence electrons. The fourth-order valence-electron chi connectivity index (χ4n) is 2.73. The normalized spacial score (nSPS) is 22.6. The Kier molecular flexibility index (Phi) is 5.16. The number of rotatable bonds is 3. The fraction of sp³-hybridized carbons (Fsp3) is 0.533. The van der Waals surface area contributed by atoms with Crippen LogP contribution in [0.4, 0.5) is 4.39 Å². The van der Waals surface area contributed by atoms with E-state index in [2.05, 4.69) is 15.9 Å². The molecular formula is C15H19BrFNO2. The standard InChI is InChI=1S/C15H19BrFNO2/c1-18(12-5-2-10(9-19)3-6-12)15(20)13-8-11(16)4-7-14(13)17/h4,7-8,10,12,19H,2-3,5-6,9H2,1H3. The number of aliphatic hydroxyl groups excluding tert-OH is 1. The van der Waals surface area contributed by atoms with Crippen molar-refractivity contribution in [3.05, 3.63) is 34.1 Å². The van der Waals surface area contributed by atoms with Crippen LogP contribution in [0.1, 0.15) is 36.0 Å². The first-order valence-electron chi connectivity index (χ1n) is 6.86. The molecule has 0 atom stereocenters. The monoisotopic (exact) mass is 343 g/mol. The van der Waals surface area contributed by atoms with E-state index in [1.54, 1.807) is 18.0 Å². The highest BCUT2D eigenvalue weighted by molar-refractivity contribution is 9.10. The van der Waals surface area contributed by atoms with Crippen LogP contribution < -0.4 is 0 Å². The predicted octanol–water partition coefficient (Wildman–Crippen LogP) is 3.21. The molecule has 1 saturated carbocycles. The van der Waals surface area contributed by atoms with Crippen LogP contribution in [-0.2, 0) is 0 Å². The van der Waals surface area contributed by atoms with E-state index in [0.29, 0.717) is 10.4 Å². The number of amides is 1. The van der Waals surface area contributed by atoms with Gasteiger partial charge in [-0.1, -0.05) is 15.9 Å². The van der Waals surface area contributed by atoms with Gasteiger partial charge in [0.2, 0.25) is 0 Å². The number of halogens is 2. The van der Waals surface area contributed by atoms with Gasteiger partial charge in [0, 0.05) is 24.2 Å². The SMILES string of the molecule is CN(C(=O)c1cc(Br)ccc1F)C1CCC(CO)CC1. The molecule has 1 aliphatic carbocycles. The van der Waals surface area contributed by atoms with Gasteiger partial charge in [0.1, 0.15) is 5.82 Å². The molecule has 1 aromatic rings. The highest BCUT2D eigenvalue weighted by Gasteiger charge is 2.27. The van der Waals surface area contributed by atoms with Crippen LogP contribution in [-0.4, -0.2) is 35.6 Å². The van der Waals surface area contributed by atoms with Gasteiger partial charge >= 0.3 is 0 Å². The number of carbonyl (C=O) groups is 1. The molecule has 0 aliphatic heterocycles. The Morgan fingerprint density at radius 3 is 2.65 bits per heavy atom. The quantitative estimate of drug-likeness (QED) is 0.915. The molecule has 0 heterocycles. The molecule has 0 unspecified atom stereocenters. The van der Waals surface area contributed by atoms with E-state index in [4.69, 9.17) is 5.11 Å². The molecule has 0 aromatic heterocycles. The fourth-order valence-corrected chi connectivity index (χ4v) is 3.09. The van der Waals surface area contributed by atoms with E-state index in [9.17, 15) is 9.18 Å². The minimum absolute atomic E-state index is 0.103. The molecular weight excluding hydrogens is 325 g/mol. The summed E-state index contributed by atoms with van der Waals surface area (Å²) in [7, 11) is 1.73. The Bertz CT molecular complexity index is 487. The average molecular weight is 344 g/mol. The Morgan fingerprint density at radius 1 is 1.40 bits per heavy atom. The van der Waals surface area contributed by atoms with Crippen molar-refractivity contribution in [1.82, 2.24) is 4.90 Å². The molecule has 5 heteroatoms. The molecule has 0 bridgehead atoms. The number of hydrogen-bond donors (Lipinski definition) is 1. The van der Waals surface area contributed by atoms with Crippen molar-refractivity contribution < 1.29 is 14.3 Å². The van der Waals surface area contributed by atoms with Crippen LogP contribution in [0, 0.1) is 11.7 Å². The van der Waals surface area contributed by atoms with Crippen molar-refractivity contribution in [2.45, 2.75) is 31.7 Å². The van der Waals surface area contributed by atoms with Crippen molar-refractivity contribution in [2.24, 2.45) is 5.92 Å². The lowest BCUT2D eigenvalue weighted by molar-refractivity contribution is 0.0648. The van der Waals surface area contributed by atoms with Crippen LogP contribution in [0.15, 0.2) is 22.7 Å². The van der Waals surface area contributed by atoms with Gasteiger partial charge in [-0.15, -0.1) is 0 Å². The Balaban J connectivity index is 2.07. The van der Waals surface area contributed by atoms with Crippen molar-refractivity contribution in [3.63, 3.8) is 0 Å². The van der Waals surface area contributed by atoms with Gasteiger partial charge in [-0.05, 0) is 49.8 Å². The molecule has 3 nitrogen and oxygen atoms in total. The first-order valence-corrected chi connectivity index (χ1v) is 7.65. The van der Waals surface area contributed by atoms with E-state index >= 15 is 0 Å². The highest BCUT2D eigenvalue weighted by Crippen LogP contribution is 2.28. The first kappa shape index (κ1) is 15.4. The number of carbonyl (C=O) groups excluding carboxylic acids is 1. The molecule has 1 aromatic carbocycles. The summed E-state index contributed by atoms with van der Waals surface area (Å²) >= 11 is 3.26. The largest absolute Gasteiger partial charge is 0.396 e. The average Bonchev–Trinajstić information content (AvgIpc) is 2.48. The number of aliphatic hydroxyl groups is 1. The number of hydrogen-bond acceptors (Lipinski definition) is 2. The maximum Gasteiger partial charge on any atom is 0.256 e. The van der Waals surface area contributed by atoms with Gasteiger partial charge in [-0.3, -0.25) is 4.79 Å². The summed E-state index contributed by atoms with van der Waals surface area (Å²) in [5.74, 6) is -0.428. The first-order chi connectivity index (χ1) is 9.52. The van der Waals surface area contributed by atoms with Gasteiger partial charge < -0.3 is 10.0 Å². The summed E-state index contributed by atoms with van der Waals surface area (Å²) in [5, 5.41) is 9.13. The van der Waals surface area contributed by atoms with Crippen molar-refractivity contribution in [3.8, 4) is 0 Å². The molecule has 1 amide bonds. The Morgan fingerprint density at radius 2 is 2.05 bits per heavy atom. The van der Waals surface area contributed by atoms with Crippen LogP contribution in [0.3, 0.4) is 0 Å². The zero-order valence-corrected chi connectivity index (χ0v) is 13.1. The van der Waals surface area contributed by atoms with Gasteiger partial charge in [-0.2, -0.15) is 0 Å². The van der Waals surface area contributed by atoms with Gasteiger partial charge in [0.25, 0.3) is 5.91 Å². The summed E-state index contributed by atoms with van der Waals surface area (Å²) in [6, 6.07) is 4.53. The lowest BCUT2D eigenvalue weighted by Crippen LogP contribution is -2.40. The summed E-state index contributed by atoms with van der Waals surface area (Å²) in [5.41, 5.74) is 0.103. The van der Waals surface area contributed by atoms with Crippen molar-refractivity contribution >= 4 is 21.8 Å². The van der Waals surface area contributed by atoms with E-state index in [1.165, 1.54) is 12.1 Å². The predicted molar refractivity (Wildman–Crippen MR) is 79.0 cm³/mol. The molecule has 1 aliphatic rings. The third-order valence-corrected chi connectivity index (χ3v) is 4.59. The van der Waals surface area contributed by atoms with E-state index in [1.807, 2.05) is 0 Å². The molecule has 20 heavy (non-hydrogen) atoms. The summed E-state index contributed by atoms with van der Waals surface area (Å²) in [6.45, 7) is 0.213. The van der Waals surface area contributed by atoms with Crippen molar-refractivity contribution in [2.75, 3.05) is 13.7 Å². The van der Waals surface area contributed by atoms with E-state index < -0.39 is 5.82 Å². The second-order valence-corrected chi connectivity index (χ2v) is 6.31. The second-order valence-electron chi connectivity index (χ2n) is 5.40. The van der Waals surface area contributed by atoms with Crippen LogP contribution in [0.2, 0.25) is 0 Å². The molecule has 0 radical (unpaired) electrons. The smallest absolute Gasteiger partial charge is 0.256 e. The van der Waals surface area contributed by atoms with Crippen molar-refractivity contribution in [1.29, 1.82) is 0 Å². The minimum atomic E-state index is -0.492.